The third kappa shape index (κ3) is 6.49. The largest absolute Gasteiger partial charge is 0.493 e. The fraction of sp³-hybridized carbons (Fsp3) is 0.500. The van der Waals surface area contributed by atoms with E-state index in [9.17, 15) is 8.42 Å². The van der Waals surface area contributed by atoms with Crippen LogP contribution in [0.15, 0.2) is 30.4 Å². The number of nitrogens with one attached hydrogen (secondary N) is 1. The minimum absolute atomic E-state index is 0.151. The molecule has 0 unspecified atom stereocenters. The average Bonchev–Trinajstić information content (AvgIpc) is 2.49. The van der Waals surface area contributed by atoms with E-state index in [4.69, 9.17) is 9.47 Å². The highest BCUT2D eigenvalue weighted by Gasteiger charge is 2.08. The molecule has 0 bridgehead atoms. The Bertz CT molecular complexity index is 596. The van der Waals surface area contributed by atoms with Gasteiger partial charge in [-0.2, -0.15) is 0 Å². The second-order valence-corrected chi connectivity index (χ2v) is 7.62. The zero-order valence-electron chi connectivity index (χ0n) is 13.5. The number of sulfone groups is 1. The summed E-state index contributed by atoms with van der Waals surface area (Å²) in [5.74, 6) is 1.65. The Morgan fingerprint density at radius 2 is 2.05 bits per heavy atom. The van der Waals surface area contributed by atoms with E-state index in [0.717, 1.165) is 11.1 Å². The summed E-state index contributed by atoms with van der Waals surface area (Å²) in [6.07, 6.45) is 0. The lowest BCUT2D eigenvalue weighted by atomic mass is 10.2. The molecule has 0 heterocycles. The molecule has 0 radical (unpaired) electrons. The van der Waals surface area contributed by atoms with Gasteiger partial charge in [0, 0.05) is 18.8 Å². The molecule has 0 aliphatic heterocycles. The Hall–Kier alpha value is -1.53. The molecule has 0 aliphatic carbocycles. The summed E-state index contributed by atoms with van der Waals surface area (Å²) < 4.78 is 33.7. The summed E-state index contributed by atoms with van der Waals surface area (Å²) in [5.41, 5.74) is 1.93. The van der Waals surface area contributed by atoms with Gasteiger partial charge in [-0.1, -0.05) is 19.6 Å². The molecule has 124 valence electrons. The zero-order valence-corrected chi connectivity index (χ0v) is 14.3. The van der Waals surface area contributed by atoms with Crippen LogP contribution in [0.4, 0.5) is 0 Å². The first-order chi connectivity index (χ1) is 10.4. The Kier molecular flexibility index (Phi) is 7.41. The van der Waals surface area contributed by atoms with Crippen molar-refractivity contribution in [3.05, 3.63) is 35.9 Å². The fourth-order valence-corrected chi connectivity index (χ4v) is 2.49. The quantitative estimate of drug-likeness (QED) is 0.527. The second kappa shape index (κ2) is 8.80. The van der Waals surface area contributed by atoms with Gasteiger partial charge in [-0.25, -0.2) is 8.42 Å². The topological polar surface area (TPSA) is 64.6 Å². The van der Waals surface area contributed by atoms with Crippen LogP contribution >= 0.6 is 0 Å². The van der Waals surface area contributed by atoms with Gasteiger partial charge in [-0.05, 0) is 30.2 Å². The van der Waals surface area contributed by atoms with Gasteiger partial charge >= 0.3 is 0 Å². The van der Waals surface area contributed by atoms with Crippen LogP contribution in [0, 0.1) is 0 Å². The Balaban J connectivity index is 2.60. The lowest BCUT2D eigenvalue weighted by Gasteiger charge is -2.13. The van der Waals surface area contributed by atoms with Crippen LogP contribution in [0.3, 0.4) is 0 Å². The molecule has 0 fully saturated rings. The van der Waals surface area contributed by atoms with Crippen LogP contribution < -0.4 is 14.8 Å². The minimum Gasteiger partial charge on any atom is -0.493 e. The van der Waals surface area contributed by atoms with Crippen LogP contribution in [0.25, 0.3) is 0 Å². The van der Waals surface area contributed by atoms with Crippen molar-refractivity contribution in [1.82, 2.24) is 5.32 Å². The smallest absolute Gasteiger partial charge is 0.161 e. The number of ether oxygens (including phenoxy) is 2. The number of hydrogen-bond acceptors (Lipinski definition) is 5. The van der Waals surface area contributed by atoms with E-state index >= 15 is 0 Å². The van der Waals surface area contributed by atoms with Gasteiger partial charge in [-0.3, -0.25) is 0 Å². The van der Waals surface area contributed by atoms with Crippen molar-refractivity contribution >= 4 is 9.84 Å². The van der Waals surface area contributed by atoms with Crippen LogP contribution in [-0.4, -0.2) is 40.2 Å². The minimum atomic E-state index is -2.93. The van der Waals surface area contributed by atoms with Gasteiger partial charge < -0.3 is 14.8 Å². The summed E-state index contributed by atoms with van der Waals surface area (Å²) >= 11 is 0. The molecule has 1 aromatic carbocycles. The molecular weight excluding hydrogens is 302 g/mol. The average molecular weight is 327 g/mol. The fourth-order valence-electron chi connectivity index (χ4n) is 1.75. The summed E-state index contributed by atoms with van der Waals surface area (Å²) in [7, 11) is -1.33. The number of hydrogen-bond donors (Lipinski definition) is 1. The summed E-state index contributed by atoms with van der Waals surface area (Å²) in [4.78, 5) is 0. The van der Waals surface area contributed by atoms with Crippen molar-refractivity contribution < 1.29 is 17.9 Å². The lowest BCUT2D eigenvalue weighted by molar-refractivity contribution is 0.319. The Morgan fingerprint density at radius 1 is 1.32 bits per heavy atom. The third-order valence-electron chi connectivity index (χ3n) is 3.06. The molecule has 1 N–H and O–H groups in total. The predicted molar refractivity (Wildman–Crippen MR) is 89.3 cm³/mol. The van der Waals surface area contributed by atoms with Gasteiger partial charge in [0.25, 0.3) is 0 Å². The van der Waals surface area contributed by atoms with Crippen LogP contribution in [-0.2, 0) is 16.4 Å². The first-order valence-corrected chi connectivity index (χ1v) is 9.05. The van der Waals surface area contributed by atoms with Crippen molar-refractivity contribution in [2.75, 3.05) is 31.8 Å². The monoisotopic (exact) mass is 327 g/mol. The Labute approximate surface area is 133 Å². The van der Waals surface area contributed by atoms with E-state index in [1.54, 1.807) is 14.0 Å². The molecule has 0 saturated carbocycles. The number of methoxy groups -OCH3 is 1. The zero-order chi connectivity index (χ0) is 16.6. The van der Waals surface area contributed by atoms with E-state index in [1.807, 2.05) is 25.1 Å². The molecule has 0 spiro atoms. The van der Waals surface area contributed by atoms with Crippen molar-refractivity contribution in [1.29, 1.82) is 0 Å². The highest BCUT2D eigenvalue weighted by atomic mass is 32.2. The third-order valence-corrected chi connectivity index (χ3v) is 4.77. The number of rotatable bonds is 10. The van der Waals surface area contributed by atoms with Crippen molar-refractivity contribution in [2.24, 2.45) is 0 Å². The molecular formula is C16H25NO4S. The SMILES string of the molecule is C=C(C)COc1cc(CNCCS(=O)(=O)CC)ccc1OC. The maximum atomic E-state index is 11.4. The molecule has 1 aromatic rings. The normalized spacial score (nSPS) is 11.2. The van der Waals surface area contributed by atoms with Gasteiger partial charge in [0.1, 0.15) is 6.61 Å². The summed E-state index contributed by atoms with van der Waals surface area (Å²) in [6, 6.07) is 5.66. The molecule has 6 heteroatoms. The molecule has 0 saturated heterocycles. The number of benzene rings is 1. The Morgan fingerprint density at radius 3 is 2.64 bits per heavy atom. The van der Waals surface area contributed by atoms with Crippen molar-refractivity contribution in [2.45, 2.75) is 20.4 Å². The predicted octanol–water partition coefficient (Wildman–Crippen LogP) is 2.17. The van der Waals surface area contributed by atoms with E-state index in [1.165, 1.54) is 0 Å². The molecule has 0 aliphatic rings. The standard InChI is InChI=1S/C16H25NO4S/c1-5-22(18,19)9-8-17-11-14-6-7-15(20-4)16(10-14)21-12-13(2)3/h6-7,10,17H,2,5,8-9,11-12H2,1,3-4H3. The summed E-state index contributed by atoms with van der Waals surface area (Å²) in [5, 5.41) is 3.13. The lowest BCUT2D eigenvalue weighted by Crippen LogP contribution is -2.23. The highest BCUT2D eigenvalue weighted by molar-refractivity contribution is 7.91. The van der Waals surface area contributed by atoms with E-state index < -0.39 is 9.84 Å². The first-order valence-electron chi connectivity index (χ1n) is 7.23. The van der Waals surface area contributed by atoms with Crippen LogP contribution in [0.2, 0.25) is 0 Å². The highest BCUT2D eigenvalue weighted by Crippen LogP contribution is 2.28. The van der Waals surface area contributed by atoms with Crippen LogP contribution in [0.5, 0.6) is 11.5 Å². The van der Waals surface area contributed by atoms with Gasteiger partial charge in [0.2, 0.25) is 0 Å². The maximum Gasteiger partial charge on any atom is 0.161 e. The molecule has 22 heavy (non-hydrogen) atoms. The van der Waals surface area contributed by atoms with Gasteiger partial charge in [-0.15, -0.1) is 0 Å². The second-order valence-electron chi connectivity index (χ2n) is 5.14. The van der Waals surface area contributed by atoms with Crippen LogP contribution in [0.1, 0.15) is 19.4 Å². The van der Waals surface area contributed by atoms with Gasteiger partial charge in [0.15, 0.2) is 21.3 Å². The molecule has 1 rings (SSSR count). The van der Waals surface area contributed by atoms with Crippen molar-refractivity contribution in [3.8, 4) is 11.5 Å². The molecule has 0 atom stereocenters. The van der Waals surface area contributed by atoms with E-state index in [0.29, 0.717) is 31.2 Å². The maximum absolute atomic E-state index is 11.4. The van der Waals surface area contributed by atoms with Gasteiger partial charge in [0.05, 0.1) is 12.9 Å². The van der Waals surface area contributed by atoms with E-state index in [-0.39, 0.29) is 11.5 Å². The van der Waals surface area contributed by atoms with Crippen molar-refractivity contribution in [3.63, 3.8) is 0 Å². The first kappa shape index (κ1) is 18.5. The molecule has 0 amide bonds. The molecule has 0 aromatic heterocycles. The molecule has 5 nitrogen and oxygen atoms in total. The van der Waals surface area contributed by atoms with E-state index in [2.05, 4.69) is 11.9 Å². The summed E-state index contributed by atoms with van der Waals surface area (Å²) in [6.45, 7) is 8.80.